The fourth-order valence-corrected chi connectivity index (χ4v) is 4.08. The number of amides is 2. The van der Waals surface area contributed by atoms with Crippen molar-refractivity contribution in [3.8, 4) is 5.75 Å². The van der Waals surface area contributed by atoms with E-state index in [1.165, 1.54) is 0 Å². The van der Waals surface area contributed by atoms with Crippen LogP contribution in [0.3, 0.4) is 0 Å². The van der Waals surface area contributed by atoms with Gasteiger partial charge < -0.3 is 24.4 Å². The van der Waals surface area contributed by atoms with Gasteiger partial charge in [-0.2, -0.15) is 0 Å². The SMILES string of the molecule is O=C(CN1CC[C@@]2(CCC1=O)CC(=O)c1ccccc1O2)NC[C@H]1COCCO1. The third kappa shape index (κ3) is 4.59. The number of ether oxygens (including phenoxy) is 3. The first-order valence-electron chi connectivity index (χ1n) is 10.1. The van der Waals surface area contributed by atoms with Crippen LogP contribution in [0.1, 0.15) is 36.0 Å². The number of hydrogen-bond donors (Lipinski definition) is 1. The van der Waals surface area contributed by atoms with Crippen LogP contribution in [0.5, 0.6) is 5.75 Å². The minimum Gasteiger partial charge on any atom is -0.486 e. The van der Waals surface area contributed by atoms with Gasteiger partial charge in [0.15, 0.2) is 5.78 Å². The van der Waals surface area contributed by atoms with E-state index in [4.69, 9.17) is 14.2 Å². The molecule has 3 aliphatic heterocycles. The average Bonchev–Trinajstić information content (AvgIpc) is 2.87. The van der Waals surface area contributed by atoms with Gasteiger partial charge in [-0.3, -0.25) is 14.4 Å². The molecule has 1 spiro atoms. The molecule has 8 nitrogen and oxygen atoms in total. The first kappa shape index (κ1) is 19.8. The topological polar surface area (TPSA) is 94.2 Å². The monoisotopic (exact) mass is 402 g/mol. The smallest absolute Gasteiger partial charge is 0.239 e. The highest BCUT2D eigenvalue weighted by atomic mass is 16.6. The first-order valence-corrected chi connectivity index (χ1v) is 10.1. The molecule has 2 fully saturated rings. The van der Waals surface area contributed by atoms with Crippen LogP contribution in [0.2, 0.25) is 0 Å². The number of para-hydroxylation sites is 1. The van der Waals surface area contributed by atoms with Gasteiger partial charge in [-0.25, -0.2) is 0 Å². The van der Waals surface area contributed by atoms with Gasteiger partial charge in [0, 0.05) is 25.9 Å². The number of carbonyl (C=O) groups excluding carboxylic acids is 3. The summed E-state index contributed by atoms with van der Waals surface area (Å²) in [5.41, 5.74) is -0.0848. The van der Waals surface area contributed by atoms with Gasteiger partial charge in [0.05, 0.1) is 44.5 Å². The average molecular weight is 402 g/mol. The van der Waals surface area contributed by atoms with Crippen molar-refractivity contribution in [2.45, 2.75) is 37.4 Å². The van der Waals surface area contributed by atoms with Gasteiger partial charge >= 0.3 is 0 Å². The summed E-state index contributed by atoms with van der Waals surface area (Å²) in [6, 6.07) is 7.22. The molecule has 0 unspecified atom stereocenters. The standard InChI is InChI=1S/C21H26N2O6/c24-17-11-21(29-18-4-2-1-3-16(17)18)6-5-20(26)23(8-7-21)13-19(25)22-12-15-14-27-9-10-28-15/h1-4,15H,5-14H2,(H,22,25)/t15-,21-/m0/s1. The van der Waals surface area contributed by atoms with Crippen LogP contribution < -0.4 is 10.1 Å². The molecule has 2 saturated heterocycles. The van der Waals surface area contributed by atoms with E-state index in [9.17, 15) is 14.4 Å². The lowest BCUT2D eigenvalue weighted by Crippen LogP contribution is -2.45. The summed E-state index contributed by atoms with van der Waals surface area (Å²) in [6.07, 6.45) is 1.35. The van der Waals surface area contributed by atoms with Crippen molar-refractivity contribution in [2.24, 2.45) is 0 Å². The summed E-state index contributed by atoms with van der Waals surface area (Å²) in [6.45, 7) is 2.29. The summed E-state index contributed by atoms with van der Waals surface area (Å²) in [5, 5.41) is 2.81. The van der Waals surface area contributed by atoms with Crippen molar-refractivity contribution in [3.63, 3.8) is 0 Å². The van der Waals surface area contributed by atoms with E-state index in [0.29, 0.717) is 57.1 Å². The zero-order valence-electron chi connectivity index (χ0n) is 16.4. The number of rotatable bonds is 4. The lowest BCUT2D eigenvalue weighted by Gasteiger charge is -2.37. The lowest BCUT2D eigenvalue weighted by molar-refractivity contribution is -0.136. The van der Waals surface area contributed by atoms with Crippen molar-refractivity contribution in [1.29, 1.82) is 0 Å². The molecule has 2 amide bonds. The van der Waals surface area contributed by atoms with E-state index in [1.54, 1.807) is 17.0 Å². The number of hydrogen-bond acceptors (Lipinski definition) is 6. The fourth-order valence-electron chi connectivity index (χ4n) is 4.08. The molecular formula is C21H26N2O6. The van der Waals surface area contributed by atoms with Gasteiger partial charge in [-0.05, 0) is 18.6 Å². The lowest BCUT2D eigenvalue weighted by atomic mass is 9.84. The van der Waals surface area contributed by atoms with Gasteiger partial charge in [0.2, 0.25) is 11.8 Å². The van der Waals surface area contributed by atoms with E-state index in [0.717, 1.165) is 0 Å². The van der Waals surface area contributed by atoms with Crippen molar-refractivity contribution in [3.05, 3.63) is 29.8 Å². The van der Waals surface area contributed by atoms with Gasteiger partial charge in [-0.15, -0.1) is 0 Å². The number of ketones is 1. The predicted octanol–water partition coefficient (Wildman–Crippen LogP) is 0.935. The number of likely N-dealkylation sites (tertiary alicyclic amines) is 1. The number of nitrogens with one attached hydrogen (secondary N) is 1. The Kier molecular flexibility index (Phi) is 5.82. The molecule has 3 aliphatic rings. The van der Waals surface area contributed by atoms with Crippen LogP contribution in [0, 0.1) is 0 Å². The number of fused-ring (bicyclic) bond motifs is 1. The van der Waals surface area contributed by atoms with Crippen LogP contribution in [-0.4, -0.2) is 73.7 Å². The van der Waals surface area contributed by atoms with Gasteiger partial charge in [-0.1, -0.05) is 12.1 Å². The second kappa shape index (κ2) is 8.51. The van der Waals surface area contributed by atoms with Crippen molar-refractivity contribution < 1.29 is 28.6 Å². The van der Waals surface area contributed by atoms with Crippen LogP contribution >= 0.6 is 0 Å². The minimum absolute atomic E-state index is 0.00692. The van der Waals surface area contributed by atoms with Crippen molar-refractivity contribution in [1.82, 2.24) is 10.2 Å². The maximum absolute atomic E-state index is 12.6. The normalized spacial score (nSPS) is 27.2. The molecule has 0 saturated carbocycles. The van der Waals surface area contributed by atoms with Crippen molar-refractivity contribution in [2.75, 3.05) is 39.5 Å². The van der Waals surface area contributed by atoms with Crippen molar-refractivity contribution >= 4 is 17.6 Å². The predicted molar refractivity (Wildman–Crippen MR) is 103 cm³/mol. The Labute approximate surface area is 169 Å². The zero-order valence-corrected chi connectivity index (χ0v) is 16.4. The molecule has 4 rings (SSSR count). The Morgan fingerprint density at radius 1 is 1.21 bits per heavy atom. The minimum atomic E-state index is -0.681. The molecule has 3 heterocycles. The summed E-state index contributed by atoms with van der Waals surface area (Å²) in [7, 11) is 0. The molecule has 0 aromatic heterocycles. The summed E-state index contributed by atoms with van der Waals surface area (Å²) in [5.74, 6) is 0.302. The number of Topliss-reactive ketones (excluding diaryl/α,β-unsaturated/α-hetero) is 1. The first-order chi connectivity index (χ1) is 14.0. The third-order valence-corrected chi connectivity index (χ3v) is 5.73. The Balaban J connectivity index is 1.34. The van der Waals surface area contributed by atoms with E-state index < -0.39 is 5.60 Å². The summed E-state index contributed by atoms with van der Waals surface area (Å²) in [4.78, 5) is 39.0. The highest BCUT2D eigenvalue weighted by Gasteiger charge is 2.43. The number of benzene rings is 1. The maximum atomic E-state index is 12.6. The van der Waals surface area contributed by atoms with E-state index in [1.807, 2.05) is 12.1 Å². The Morgan fingerprint density at radius 3 is 2.90 bits per heavy atom. The van der Waals surface area contributed by atoms with Crippen LogP contribution in [0.4, 0.5) is 0 Å². The van der Waals surface area contributed by atoms with E-state index in [-0.39, 0.29) is 43.1 Å². The molecule has 156 valence electrons. The van der Waals surface area contributed by atoms with Gasteiger partial charge in [0.25, 0.3) is 0 Å². The van der Waals surface area contributed by atoms with E-state index >= 15 is 0 Å². The summed E-state index contributed by atoms with van der Waals surface area (Å²) < 4.78 is 17.0. The molecule has 2 atom stereocenters. The number of carbonyl (C=O) groups is 3. The molecule has 1 aromatic carbocycles. The molecule has 8 heteroatoms. The van der Waals surface area contributed by atoms with Crippen LogP contribution in [-0.2, 0) is 19.1 Å². The Morgan fingerprint density at radius 2 is 2.07 bits per heavy atom. The Bertz CT molecular complexity index is 791. The van der Waals surface area contributed by atoms with E-state index in [2.05, 4.69) is 5.32 Å². The molecule has 0 bridgehead atoms. The maximum Gasteiger partial charge on any atom is 0.239 e. The molecular weight excluding hydrogens is 376 g/mol. The molecule has 1 aromatic rings. The molecule has 29 heavy (non-hydrogen) atoms. The third-order valence-electron chi connectivity index (χ3n) is 5.73. The molecule has 0 radical (unpaired) electrons. The number of nitrogens with zero attached hydrogens (tertiary/aromatic N) is 1. The van der Waals surface area contributed by atoms with Gasteiger partial charge in [0.1, 0.15) is 11.4 Å². The largest absolute Gasteiger partial charge is 0.486 e. The second-order valence-corrected chi connectivity index (χ2v) is 7.82. The van der Waals surface area contributed by atoms with Crippen LogP contribution in [0.15, 0.2) is 24.3 Å². The second-order valence-electron chi connectivity index (χ2n) is 7.82. The highest BCUT2D eigenvalue weighted by Crippen LogP contribution is 2.39. The molecule has 0 aliphatic carbocycles. The van der Waals surface area contributed by atoms with Crippen LogP contribution in [0.25, 0.3) is 0 Å². The highest BCUT2D eigenvalue weighted by molar-refractivity contribution is 6.00. The summed E-state index contributed by atoms with van der Waals surface area (Å²) >= 11 is 0. The fraction of sp³-hybridized carbons (Fsp3) is 0.571. The molecule has 1 N–H and O–H groups in total. The zero-order chi connectivity index (χ0) is 20.3. The quantitative estimate of drug-likeness (QED) is 0.806. The Hall–Kier alpha value is -2.45.